The van der Waals surface area contributed by atoms with E-state index in [1.165, 1.54) is 6.07 Å². The van der Waals surface area contributed by atoms with Crippen LogP contribution in [0.1, 0.15) is 39.2 Å². The van der Waals surface area contributed by atoms with Gasteiger partial charge in [-0.2, -0.15) is 0 Å². The van der Waals surface area contributed by atoms with Crippen LogP contribution in [0.4, 0.5) is 0 Å². The maximum absolute atomic E-state index is 12.4. The summed E-state index contributed by atoms with van der Waals surface area (Å²) in [4.78, 5) is 17.0. The normalized spacial score (nSPS) is 19.7. The van der Waals surface area contributed by atoms with Crippen LogP contribution in [0.5, 0.6) is 0 Å². The van der Waals surface area contributed by atoms with Gasteiger partial charge >= 0.3 is 0 Å². The third-order valence-electron chi connectivity index (χ3n) is 3.93. The summed E-state index contributed by atoms with van der Waals surface area (Å²) in [6.45, 7) is 6.48. The van der Waals surface area contributed by atoms with Crippen molar-refractivity contribution in [1.82, 2.24) is 10.0 Å². The van der Waals surface area contributed by atoms with E-state index in [1.807, 2.05) is 20.8 Å². The standard InChI is InChI=1S/C16H23N3O3S/c1-4-10-17-16(20)14(11(3)5-2)18-15-12-8-6-7-9-13(12)23(21,22)19-15/h6-9,11,14H,4-5,10H2,1-3H3,(H,17,20)(H,18,19)/t11-,14-/m0/s1. The van der Waals surface area contributed by atoms with Crippen molar-refractivity contribution in [2.24, 2.45) is 10.9 Å². The topological polar surface area (TPSA) is 87.6 Å². The smallest absolute Gasteiger partial charge is 0.263 e. The second-order valence-electron chi connectivity index (χ2n) is 5.70. The highest BCUT2D eigenvalue weighted by Crippen LogP contribution is 2.23. The van der Waals surface area contributed by atoms with E-state index in [-0.39, 0.29) is 22.6 Å². The molecule has 1 aliphatic heterocycles. The number of amides is 1. The molecule has 7 heteroatoms. The Bertz CT molecular complexity index is 713. The number of carbonyl (C=O) groups excluding carboxylic acids is 1. The van der Waals surface area contributed by atoms with E-state index < -0.39 is 16.1 Å². The van der Waals surface area contributed by atoms with Gasteiger partial charge in [-0.05, 0) is 24.5 Å². The molecule has 0 radical (unpaired) electrons. The van der Waals surface area contributed by atoms with Gasteiger partial charge in [-0.3, -0.25) is 14.5 Å². The van der Waals surface area contributed by atoms with Gasteiger partial charge in [0.1, 0.15) is 11.9 Å². The molecule has 0 spiro atoms. The number of sulfonamides is 1. The molecule has 1 aromatic carbocycles. The summed E-state index contributed by atoms with van der Waals surface area (Å²) < 4.78 is 26.7. The second-order valence-corrected chi connectivity index (χ2v) is 7.35. The molecular formula is C16H23N3O3S. The summed E-state index contributed by atoms with van der Waals surface area (Å²) in [5, 5.41) is 2.84. The highest BCUT2D eigenvalue weighted by atomic mass is 32.2. The Morgan fingerprint density at radius 3 is 2.65 bits per heavy atom. The number of aliphatic imine (C=N–C) groups is 1. The Morgan fingerprint density at radius 2 is 2.00 bits per heavy atom. The van der Waals surface area contributed by atoms with Gasteiger partial charge in [0.05, 0.1) is 4.90 Å². The lowest BCUT2D eigenvalue weighted by atomic mass is 9.98. The van der Waals surface area contributed by atoms with Crippen molar-refractivity contribution in [3.63, 3.8) is 0 Å². The van der Waals surface area contributed by atoms with Crippen LogP contribution < -0.4 is 10.0 Å². The predicted molar refractivity (Wildman–Crippen MR) is 89.8 cm³/mol. The van der Waals surface area contributed by atoms with Gasteiger partial charge in [0, 0.05) is 12.1 Å². The fourth-order valence-corrected chi connectivity index (χ4v) is 3.63. The first-order valence-electron chi connectivity index (χ1n) is 7.88. The second kappa shape index (κ2) is 7.12. The number of benzene rings is 1. The maximum atomic E-state index is 12.4. The molecule has 0 unspecified atom stereocenters. The van der Waals surface area contributed by atoms with Crippen molar-refractivity contribution in [2.45, 2.75) is 44.6 Å². The zero-order valence-electron chi connectivity index (χ0n) is 13.7. The fourth-order valence-electron chi connectivity index (χ4n) is 2.39. The van der Waals surface area contributed by atoms with Crippen molar-refractivity contribution >= 4 is 21.8 Å². The number of nitrogens with zero attached hydrogens (tertiary/aromatic N) is 1. The molecule has 6 nitrogen and oxygen atoms in total. The molecule has 2 rings (SSSR count). The van der Waals surface area contributed by atoms with Gasteiger partial charge in [0.15, 0.2) is 0 Å². The van der Waals surface area contributed by atoms with E-state index in [1.54, 1.807) is 18.2 Å². The van der Waals surface area contributed by atoms with Crippen molar-refractivity contribution in [3.05, 3.63) is 29.8 Å². The molecule has 0 saturated carbocycles. The van der Waals surface area contributed by atoms with E-state index in [4.69, 9.17) is 0 Å². The van der Waals surface area contributed by atoms with Gasteiger partial charge in [-0.25, -0.2) is 8.42 Å². The van der Waals surface area contributed by atoms with Crippen molar-refractivity contribution in [2.75, 3.05) is 6.54 Å². The summed E-state index contributed by atoms with van der Waals surface area (Å²) >= 11 is 0. The Hall–Kier alpha value is -1.89. The molecule has 23 heavy (non-hydrogen) atoms. The summed E-state index contributed by atoms with van der Waals surface area (Å²) in [5.74, 6) is 0.0893. The zero-order chi connectivity index (χ0) is 17.0. The molecular weight excluding hydrogens is 314 g/mol. The van der Waals surface area contributed by atoms with Gasteiger partial charge in [-0.1, -0.05) is 39.3 Å². The molecule has 1 heterocycles. The average molecular weight is 337 g/mol. The number of nitrogens with one attached hydrogen (secondary N) is 2. The minimum Gasteiger partial charge on any atom is -0.354 e. The lowest BCUT2D eigenvalue weighted by Gasteiger charge is -2.19. The van der Waals surface area contributed by atoms with Crippen molar-refractivity contribution in [3.8, 4) is 0 Å². The number of carbonyl (C=O) groups is 1. The Kier molecular flexibility index (Phi) is 5.41. The molecule has 1 aliphatic rings. The quantitative estimate of drug-likeness (QED) is 0.827. The molecule has 0 aliphatic carbocycles. The molecule has 0 aromatic heterocycles. The molecule has 0 bridgehead atoms. The zero-order valence-corrected chi connectivity index (χ0v) is 14.5. The highest BCUT2D eigenvalue weighted by molar-refractivity contribution is 7.90. The SMILES string of the molecule is CCCNC(=O)[C@@H](N=C1NS(=O)(=O)c2ccccc21)[C@@H](C)CC. The van der Waals surface area contributed by atoms with Crippen LogP contribution in [0.25, 0.3) is 0 Å². The predicted octanol–water partition coefficient (Wildman–Crippen LogP) is 1.67. The molecule has 2 N–H and O–H groups in total. The first-order chi connectivity index (χ1) is 10.9. The summed E-state index contributed by atoms with van der Waals surface area (Å²) in [6.07, 6.45) is 1.61. The number of fused-ring (bicyclic) bond motifs is 1. The number of amidine groups is 1. The third-order valence-corrected chi connectivity index (χ3v) is 5.33. The first-order valence-corrected chi connectivity index (χ1v) is 9.36. The van der Waals surface area contributed by atoms with Crippen LogP contribution in [0.3, 0.4) is 0 Å². The van der Waals surface area contributed by atoms with Gasteiger partial charge in [0.2, 0.25) is 5.91 Å². The van der Waals surface area contributed by atoms with E-state index in [0.29, 0.717) is 12.1 Å². The van der Waals surface area contributed by atoms with Crippen molar-refractivity contribution in [1.29, 1.82) is 0 Å². The average Bonchev–Trinajstić information content (AvgIpc) is 2.80. The molecule has 1 aromatic rings. The molecule has 0 fully saturated rings. The monoisotopic (exact) mass is 337 g/mol. The van der Waals surface area contributed by atoms with Crippen molar-refractivity contribution < 1.29 is 13.2 Å². The van der Waals surface area contributed by atoms with Crippen LogP contribution in [0.15, 0.2) is 34.2 Å². The van der Waals surface area contributed by atoms with E-state index in [9.17, 15) is 13.2 Å². The lowest BCUT2D eigenvalue weighted by molar-refractivity contribution is -0.123. The third kappa shape index (κ3) is 3.72. The summed E-state index contributed by atoms with van der Waals surface area (Å²) in [5.41, 5.74) is 0.518. The van der Waals surface area contributed by atoms with Gasteiger partial charge < -0.3 is 5.32 Å². The Morgan fingerprint density at radius 1 is 1.30 bits per heavy atom. The number of hydrogen-bond donors (Lipinski definition) is 2. The van der Waals surface area contributed by atoms with Crippen LogP contribution in [-0.2, 0) is 14.8 Å². The van der Waals surface area contributed by atoms with Crippen LogP contribution in [0.2, 0.25) is 0 Å². The molecule has 1 amide bonds. The highest BCUT2D eigenvalue weighted by Gasteiger charge is 2.32. The number of hydrogen-bond acceptors (Lipinski definition) is 4. The van der Waals surface area contributed by atoms with Crippen LogP contribution in [-0.4, -0.2) is 32.7 Å². The Balaban J connectivity index is 2.39. The minimum atomic E-state index is -3.59. The first kappa shape index (κ1) is 17.5. The van der Waals surface area contributed by atoms with Gasteiger partial charge in [0.25, 0.3) is 10.0 Å². The maximum Gasteiger partial charge on any atom is 0.263 e. The molecule has 126 valence electrons. The summed E-state index contributed by atoms with van der Waals surface area (Å²) in [7, 11) is -3.59. The Labute approximate surface area is 137 Å². The number of rotatable bonds is 6. The molecule has 2 atom stereocenters. The lowest BCUT2D eigenvalue weighted by Crippen LogP contribution is -2.39. The van der Waals surface area contributed by atoms with E-state index >= 15 is 0 Å². The van der Waals surface area contributed by atoms with E-state index in [2.05, 4.69) is 15.0 Å². The van der Waals surface area contributed by atoms with Crippen LogP contribution in [0, 0.1) is 5.92 Å². The van der Waals surface area contributed by atoms with Gasteiger partial charge in [-0.15, -0.1) is 0 Å². The van der Waals surface area contributed by atoms with E-state index in [0.717, 1.165) is 12.8 Å². The minimum absolute atomic E-state index is 0.0108. The largest absolute Gasteiger partial charge is 0.354 e. The van der Waals surface area contributed by atoms with Crippen LogP contribution >= 0.6 is 0 Å². The fraction of sp³-hybridized carbons (Fsp3) is 0.500. The summed E-state index contributed by atoms with van der Waals surface area (Å²) in [6, 6.07) is 6.04. The molecule has 0 saturated heterocycles.